The average molecular weight is 333 g/mol. The minimum absolute atomic E-state index is 0.0512. The highest BCUT2D eigenvalue weighted by molar-refractivity contribution is 7.99. The van der Waals surface area contributed by atoms with Crippen molar-refractivity contribution in [3.8, 4) is 11.4 Å². The Balaban J connectivity index is 1.66. The SMILES string of the molecule is Cn1cccc1C(=O)CSc1n[nH]c(-c2ccc(Cl)cc2)n1. The standard InChI is InChI=1S/C15H13ClN4OS/c1-20-8-2-3-12(20)13(21)9-22-15-17-14(18-19-15)10-4-6-11(16)7-5-10/h2-8H,9H2,1H3,(H,17,18,19). The lowest BCUT2D eigenvalue weighted by Gasteiger charge is -2.00. The summed E-state index contributed by atoms with van der Waals surface area (Å²) in [5, 5.41) is 8.22. The van der Waals surface area contributed by atoms with Crippen molar-refractivity contribution in [3.05, 3.63) is 53.3 Å². The summed E-state index contributed by atoms with van der Waals surface area (Å²) < 4.78 is 1.81. The molecule has 0 aliphatic carbocycles. The molecule has 7 heteroatoms. The molecule has 0 amide bonds. The number of halogens is 1. The third-order valence-electron chi connectivity index (χ3n) is 3.14. The lowest BCUT2D eigenvalue weighted by molar-refractivity contribution is 0.101. The van der Waals surface area contributed by atoms with E-state index < -0.39 is 0 Å². The minimum atomic E-state index is 0.0512. The molecule has 112 valence electrons. The molecule has 3 aromatic rings. The summed E-state index contributed by atoms with van der Waals surface area (Å²) in [5.41, 5.74) is 1.58. The van der Waals surface area contributed by atoms with Gasteiger partial charge in [-0.2, -0.15) is 0 Å². The number of nitrogens with one attached hydrogen (secondary N) is 1. The Hall–Kier alpha value is -2.05. The highest BCUT2D eigenvalue weighted by Crippen LogP contribution is 2.21. The summed E-state index contributed by atoms with van der Waals surface area (Å²) >= 11 is 7.17. The molecule has 0 spiro atoms. The highest BCUT2D eigenvalue weighted by Gasteiger charge is 2.12. The van der Waals surface area contributed by atoms with E-state index in [9.17, 15) is 4.79 Å². The van der Waals surface area contributed by atoms with Gasteiger partial charge in [0, 0.05) is 23.8 Å². The van der Waals surface area contributed by atoms with Gasteiger partial charge in [-0.3, -0.25) is 9.89 Å². The topological polar surface area (TPSA) is 63.6 Å². The molecule has 0 radical (unpaired) electrons. The first kappa shape index (κ1) is 14.9. The molecule has 1 N–H and O–H groups in total. The number of hydrogen-bond donors (Lipinski definition) is 1. The van der Waals surface area contributed by atoms with Crippen LogP contribution in [0.25, 0.3) is 11.4 Å². The van der Waals surface area contributed by atoms with E-state index in [0.717, 1.165) is 5.56 Å². The Morgan fingerprint density at radius 2 is 2.09 bits per heavy atom. The van der Waals surface area contributed by atoms with Crippen molar-refractivity contribution in [3.63, 3.8) is 0 Å². The highest BCUT2D eigenvalue weighted by atomic mass is 35.5. The molecule has 5 nitrogen and oxygen atoms in total. The maximum absolute atomic E-state index is 12.1. The maximum Gasteiger partial charge on any atom is 0.209 e. The van der Waals surface area contributed by atoms with Crippen molar-refractivity contribution in [2.24, 2.45) is 7.05 Å². The molecule has 2 aromatic heterocycles. The Bertz CT molecular complexity index is 794. The fraction of sp³-hybridized carbons (Fsp3) is 0.133. The van der Waals surface area contributed by atoms with Gasteiger partial charge < -0.3 is 4.57 Å². The first-order valence-corrected chi connectivity index (χ1v) is 7.95. The largest absolute Gasteiger partial charge is 0.348 e. The third kappa shape index (κ3) is 3.23. The van der Waals surface area contributed by atoms with E-state index in [1.807, 2.05) is 31.4 Å². The van der Waals surface area contributed by atoms with E-state index in [0.29, 0.717) is 27.5 Å². The Morgan fingerprint density at radius 1 is 1.32 bits per heavy atom. The van der Waals surface area contributed by atoms with Crippen LogP contribution in [0, 0.1) is 0 Å². The summed E-state index contributed by atoms with van der Waals surface area (Å²) in [6.07, 6.45) is 1.85. The van der Waals surface area contributed by atoms with Crippen molar-refractivity contribution in [2.75, 3.05) is 5.75 Å². The summed E-state index contributed by atoms with van der Waals surface area (Å²) in [5.74, 6) is 1.01. The zero-order valence-electron chi connectivity index (χ0n) is 11.8. The molecule has 2 heterocycles. The zero-order chi connectivity index (χ0) is 15.5. The second-order valence-electron chi connectivity index (χ2n) is 4.69. The van der Waals surface area contributed by atoms with Crippen LogP contribution in [0.1, 0.15) is 10.5 Å². The monoisotopic (exact) mass is 332 g/mol. The van der Waals surface area contributed by atoms with E-state index in [-0.39, 0.29) is 5.78 Å². The molecular formula is C15H13ClN4OS. The number of nitrogens with zero attached hydrogens (tertiary/aromatic N) is 3. The van der Waals surface area contributed by atoms with Crippen LogP contribution >= 0.6 is 23.4 Å². The van der Waals surface area contributed by atoms with Crippen molar-refractivity contribution in [2.45, 2.75) is 5.16 Å². The molecule has 0 bridgehead atoms. The number of aromatic nitrogens is 4. The number of aryl methyl sites for hydroxylation is 1. The molecule has 0 atom stereocenters. The van der Waals surface area contributed by atoms with Crippen molar-refractivity contribution in [1.82, 2.24) is 19.7 Å². The van der Waals surface area contributed by atoms with Gasteiger partial charge in [-0.25, -0.2) is 4.98 Å². The summed E-state index contributed by atoms with van der Waals surface area (Å²) in [4.78, 5) is 16.5. The van der Waals surface area contributed by atoms with Gasteiger partial charge in [-0.05, 0) is 36.4 Å². The van der Waals surface area contributed by atoms with Crippen LogP contribution in [-0.4, -0.2) is 31.3 Å². The number of rotatable bonds is 5. The second-order valence-corrected chi connectivity index (χ2v) is 6.07. The minimum Gasteiger partial charge on any atom is -0.348 e. The zero-order valence-corrected chi connectivity index (χ0v) is 13.4. The van der Waals surface area contributed by atoms with Gasteiger partial charge in [-0.1, -0.05) is 23.4 Å². The predicted molar refractivity (Wildman–Crippen MR) is 87.3 cm³/mol. The number of ketones is 1. The van der Waals surface area contributed by atoms with Crippen LogP contribution in [0.4, 0.5) is 0 Å². The van der Waals surface area contributed by atoms with Gasteiger partial charge in [0.2, 0.25) is 5.16 Å². The van der Waals surface area contributed by atoms with E-state index in [2.05, 4.69) is 15.2 Å². The van der Waals surface area contributed by atoms with E-state index in [1.165, 1.54) is 11.8 Å². The normalized spacial score (nSPS) is 10.8. The average Bonchev–Trinajstić information content (AvgIpc) is 3.14. The van der Waals surface area contributed by atoms with Crippen molar-refractivity contribution >= 4 is 29.1 Å². The van der Waals surface area contributed by atoms with Crippen molar-refractivity contribution < 1.29 is 4.79 Å². The third-order valence-corrected chi connectivity index (χ3v) is 4.24. The van der Waals surface area contributed by atoms with Crippen LogP contribution < -0.4 is 0 Å². The van der Waals surface area contributed by atoms with Crippen LogP contribution in [0.5, 0.6) is 0 Å². The Labute approximate surface area is 136 Å². The fourth-order valence-corrected chi connectivity index (χ4v) is 2.80. The molecule has 0 saturated heterocycles. The fourth-order valence-electron chi connectivity index (χ4n) is 2.00. The molecule has 3 rings (SSSR count). The van der Waals surface area contributed by atoms with Crippen molar-refractivity contribution in [1.29, 1.82) is 0 Å². The number of Topliss-reactive ketones (excluding diaryl/α,β-unsaturated/α-hetero) is 1. The van der Waals surface area contributed by atoms with Crippen LogP contribution in [0.15, 0.2) is 47.8 Å². The summed E-state index contributed by atoms with van der Waals surface area (Å²) in [6.45, 7) is 0. The van der Waals surface area contributed by atoms with Crippen LogP contribution in [0.2, 0.25) is 5.02 Å². The molecular weight excluding hydrogens is 320 g/mol. The van der Waals surface area contributed by atoms with E-state index >= 15 is 0 Å². The van der Waals surface area contributed by atoms with E-state index in [1.54, 1.807) is 22.8 Å². The molecule has 0 fully saturated rings. The van der Waals surface area contributed by atoms with Gasteiger partial charge in [0.1, 0.15) is 0 Å². The van der Waals surface area contributed by atoms with Crippen LogP contribution in [-0.2, 0) is 7.05 Å². The number of thioether (sulfide) groups is 1. The number of carbonyl (C=O) groups is 1. The van der Waals surface area contributed by atoms with Gasteiger partial charge in [0.25, 0.3) is 0 Å². The lowest BCUT2D eigenvalue weighted by atomic mass is 10.2. The first-order chi connectivity index (χ1) is 10.6. The predicted octanol–water partition coefficient (Wildman–Crippen LogP) is 3.44. The van der Waals surface area contributed by atoms with E-state index in [4.69, 9.17) is 11.6 Å². The van der Waals surface area contributed by atoms with Crippen LogP contribution in [0.3, 0.4) is 0 Å². The molecule has 0 saturated carbocycles. The molecule has 0 unspecified atom stereocenters. The lowest BCUT2D eigenvalue weighted by Crippen LogP contribution is -2.07. The number of carbonyl (C=O) groups excluding carboxylic acids is 1. The maximum atomic E-state index is 12.1. The number of aromatic amines is 1. The van der Waals surface area contributed by atoms with Gasteiger partial charge in [0.15, 0.2) is 11.6 Å². The number of hydrogen-bond acceptors (Lipinski definition) is 4. The molecule has 1 aromatic carbocycles. The molecule has 0 aliphatic rings. The molecule has 22 heavy (non-hydrogen) atoms. The second kappa shape index (κ2) is 6.37. The summed E-state index contributed by atoms with van der Waals surface area (Å²) in [6, 6.07) is 11.0. The Morgan fingerprint density at radius 3 is 2.77 bits per heavy atom. The first-order valence-electron chi connectivity index (χ1n) is 6.59. The Kier molecular flexibility index (Phi) is 4.31. The summed E-state index contributed by atoms with van der Waals surface area (Å²) in [7, 11) is 1.85. The quantitative estimate of drug-likeness (QED) is 0.574. The smallest absolute Gasteiger partial charge is 0.209 e. The van der Waals surface area contributed by atoms with Gasteiger partial charge in [-0.15, -0.1) is 5.10 Å². The molecule has 0 aliphatic heterocycles. The van der Waals surface area contributed by atoms with Gasteiger partial charge in [0.05, 0.1) is 11.4 Å². The number of H-pyrrole nitrogens is 1. The van der Waals surface area contributed by atoms with Gasteiger partial charge >= 0.3 is 0 Å². The number of benzene rings is 1.